The van der Waals surface area contributed by atoms with Crippen molar-refractivity contribution in [3.8, 4) is 0 Å². The molecule has 2 aliphatic heterocycles. The third kappa shape index (κ3) is 2.11. The van der Waals surface area contributed by atoms with E-state index < -0.39 is 0 Å². The normalized spacial score (nSPS) is 24.2. The molecule has 1 amide bonds. The molecule has 25 heavy (non-hydrogen) atoms. The summed E-state index contributed by atoms with van der Waals surface area (Å²) in [5.41, 5.74) is 1.47. The number of rotatable bonds is 2. The Balaban J connectivity index is 1.53. The summed E-state index contributed by atoms with van der Waals surface area (Å²) < 4.78 is 13.1. The van der Waals surface area contributed by atoms with E-state index in [0.717, 1.165) is 24.8 Å². The van der Waals surface area contributed by atoms with Gasteiger partial charge in [-0.15, -0.1) is 0 Å². The molecule has 1 aromatic heterocycles. The van der Waals surface area contributed by atoms with Gasteiger partial charge in [0.05, 0.1) is 12.1 Å². The number of carbonyl (C=O) groups excluding carboxylic acids is 1. The number of guanidine groups is 1. The Hall–Kier alpha value is -2.70. The molecule has 1 aromatic carbocycles. The lowest BCUT2D eigenvalue weighted by atomic mass is 10.1. The molecule has 3 aliphatic rings. The van der Waals surface area contributed by atoms with Crippen molar-refractivity contribution in [3.63, 3.8) is 0 Å². The van der Waals surface area contributed by atoms with Crippen LogP contribution in [0.3, 0.4) is 0 Å². The first-order valence-electron chi connectivity index (χ1n) is 8.60. The third-order valence-corrected chi connectivity index (χ3v) is 5.34. The van der Waals surface area contributed by atoms with Gasteiger partial charge in [-0.2, -0.15) is 0 Å². The zero-order chi connectivity index (χ0) is 17.1. The molecule has 0 saturated heterocycles. The molecule has 1 fully saturated rings. The summed E-state index contributed by atoms with van der Waals surface area (Å²) in [5.74, 6) is 1.74. The highest BCUT2D eigenvalue weighted by atomic mass is 19.1. The number of anilines is 1. The molecule has 0 spiro atoms. The average Bonchev–Trinajstić information content (AvgIpc) is 3.28. The van der Waals surface area contributed by atoms with Crippen molar-refractivity contribution in [3.05, 3.63) is 47.2 Å². The van der Waals surface area contributed by atoms with Gasteiger partial charge < -0.3 is 4.98 Å². The first-order chi connectivity index (χ1) is 12.1. The Labute approximate surface area is 144 Å². The van der Waals surface area contributed by atoms with Crippen LogP contribution in [0.5, 0.6) is 0 Å². The first kappa shape index (κ1) is 14.6. The van der Waals surface area contributed by atoms with Crippen molar-refractivity contribution in [2.75, 3.05) is 11.9 Å². The highest BCUT2D eigenvalue weighted by Crippen LogP contribution is 2.39. The van der Waals surface area contributed by atoms with Crippen molar-refractivity contribution in [2.24, 2.45) is 4.99 Å². The topological polar surface area (TPSA) is 64.6 Å². The lowest BCUT2D eigenvalue weighted by Crippen LogP contribution is -2.51. The van der Waals surface area contributed by atoms with Crippen LogP contribution >= 0.6 is 0 Å². The van der Waals surface area contributed by atoms with Crippen molar-refractivity contribution in [1.29, 1.82) is 0 Å². The summed E-state index contributed by atoms with van der Waals surface area (Å²) >= 11 is 0. The fourth-order valence-electron chi connectivity index (χ4n) is 4.10. The Kier molecular flexibility index (Phi) is 3.01. The maximum atomic E-state index is 13.1. The van der Waals surface area contributed by atoms with Gasteiger partial charge >= 0.3 is 0 Å². The van der Waals surface area contributed by atoms with Gasteiger partial charge in [0.1, 0.15) is 17.3 Å². The van der Waals surface area contributed by atoms with E-state index in [4.69, 9.17) is 9.98 Å². The van der Waals surface area contributed by atoms with Crippen LogP contribution in [-0.2, 0) is 6.42 Å². The SMILES string of the molecule is CN1C(=O)c2[nH]c(Cc3ccc(F)cc3)nc2N2C1=N[C@@H]1CCC[C@@H]12. The minimum atomic E-state index is -0.260. The van der Waals surface area contributed by atoms with E-state index in [1.54, 1.807) is 24.1 Å². The summed E-state index contributed by atoms with van der Waals surface area (Å²) in [7, 11) is 1.76. The van der Waals surface area contributed by atoms with E-state index in [2.05, 4.69) is 9.88 Å². The summed E-state index contributed by atoms with van der Waals surface area (Å²) in [4.78, 5) is 29.1. The maximum absolute atomic E-state index is 13.1. The average molecular weight is 339 g/mol. The number of aliphatic imine (C=N–C) groups is 1. The maximum Gasteiger partial charge on any atom is 0.280 e. The van der Waals surface area contributed by atoms with Crippen molar-refractivity contribution in [1.82, 2.24) is 14.9 Å². The Morgan fingerprint density at radius 3 is 2.88 bits per heavy atom. The van der Waals surface area contributed by atoms with Crippen molar-refractivity contribution < 1.29 is 9.18 Å². The van der Waals surface area contributed by atoms with Gasteiger partial charge in [0.15, 0.2) is 5.82 Å². The number of benzene rings is 1. The van der Waals surface area contributed by atoms with Crippen LogP contribution in [-0.4, -0.2) is 45.9 Å². The van der Waals surface area contributed by atoms with Gasteiger partial charge in [0, 0.05) is 13.5 Å². The van der Waals surface area contributed by atoms with Crippen molar-refractivity contribution >= 4 is 17.7 Å². The van der Waals surface area contributed by atoms with E-state index >= 15 is 0 Å². The lowest BCUT2D eigenvalue weighted by Gasteiger charge is -2.33. The molecule has 6 nitrogen and oxygen atoms in total. The van der Waals surface area contributed by atoms with E-state index in [1.165, 1.54) is 12.1 Å². The number of hydrogen-bond donors (Lipinski definition) is 1. The third-order valence-electron chi connectivity index (χ3n) is 5.34. The largest absolute Gasteiger partial charge is 0.336 e. The number of H-pyrrole nitrogens is 1. The molecule has 2 atom stereocenters. The van der Waals surface area contributed by atoms with Crippen LogP contribution in [0.25, 0.3) is 0 Å². The Morgan fingerprint density at radius 2 is 2.08 bits per heavy atom. The minimum Gasteiger partial charge on any atom is -0.336 e. The molecule has 1 aliphatic carbocycles. The van der Waals surface area contributed by atoms with E-state index in [1.807, 2.05) is 0 Å². The molecule has 7 heteroatoms. The number of carbonyl (C=O) groups is 1. The highest BCUT2D eigenvalue weighted by Gasteiger charge is 2.48. The molecular weight excluding hydrogens is 321 g/mol. The number of nitrogens with zero attached hydrogens (tertiary/aromatic N) is 4. The summed E-state index contributed by atoms with van der Waals surface area (Å²) in [5, 5.41) is 0. The van der Waals surface area contributed by atoms with Crippen molar-refractivity contribution in [2.45, 2.75) is 37.8 Å². The van der Waals surface area contributed by atoms with Gasteiger partial charge in [0.2, 0.25) is 5.96 Å². The fourth-order valence-corrected chi connectivity index (χ4v) is 4.10. The summed E-state index contributed by atoms with van der Waals surface area (Å²) in [6, 6.07) is 6.90. The van der Waals surface area contributed by atoms with Gasteiger partial charge in [0.25, 0.3) is 5.91 Å². The Morgan fingerprint density at radius 1 is 1.28 bits per heavy atom. The van der Waals surface area contributed by atoms with E-state index in [-0.39, 0.29) is 17.8 Å². The number of imidazole rings is 1. The van der Waals surface area contributed by atoms with E-state index in [9.17, 15) is 9.18 Å². The summed E-state index contributed by atoms with van der Waals surface area (Å²) in [6.07, 6.45) is 3.81. The monoisotopic (exact) mass is 339 g/mol. The number of halogens is 1. The Bertz CT molecular complexity index is 887. The quantitative estimate of drug-likeness (QED) is 0.913. The highest BCUT2D eigenvalue weighted by molar-refractivity contribution is 6.18. The molecule has 3 heterocycles. The molecule has 0 radical (unpaired) electrons. The van der Waals surface area contributed by atoms with E-state index in [0.29, 0.717) is 35.8 Å². The number of fused-ring (bicyclic) bond motifs is 5. The first-order valence-corrected chi connectivity index (χ1v) is 8.60. The molecule has 128 valence electrons. The molecule has 2 aromatic rings. The molecular formula is C18H18FN5O. The predicted octanol–water partition coefficient (Wildman–Crippen LogP) is 2.32. The van der Waals surface area contributed by atoms with Crippen LogP contribution in [0.15, 0.2) is 29.3 Å². The number of aromatic amines is 1. The van der Waals surface area contributed by atoms with Crippen LogP contribution in [0, 0.1) is 5.82 Å². The molecule has 1 saturated carbocycles. The smallest absolute Gasteiger partial charge is 0.280 e. The second kappa shape index (κ2) is 5.15. The standard InChI is InChI=1S/C18H18FN5O/c1-23-17(25)15-16(24-13-4-2-3-12(13)20-18(23)24)22-14(21-15)9-10-5-7-11(19)8-6-10/h5-8,12-13H,2-4,9H2,1H3,(H,21,22)/t12-,13+/m1/s1. The lowest BCUT2D eigenvalue weighted by molar-refractivity contribution is 0.0859. The predicted molar refractivity (Wildman–Crippen MR) is 91.2 cm³/mol. The molecule has 1 N–H and O–H groups in total. The fraction of sp³-hybridized carbons (Fsp3) is 0.389. The van der Waals surface area contributed by atoms with Gasteiger partial charge in [-0.3, -0.25) is 14.6 Å². The molecule has 5 rings (SSSR count). The van der Waals surface area contributed by atoms with Crippen LogP contribution < -0.4 is 4.90 Å². The molecule has 0 unspecified atom stereocenters. The van der Waals surface area contributed by atoms with Gasteiger partial charge in [-0.25, -0.2) is 14.4 Å². The number of aromatic nitrogens is 2. The van der Waals surface area contributed by atoms with Crippen LogP contribution in [0.4, 0.5) is 10.2 Å². The van der Waals surface area contributed by atoms with Gasteiger partial charge in [-0.1, -0.05) is 12.1 Å². The number of hydrogen-bond acceptors (Lipinski definition) is 4. The molecule has 0 bridgehead atoms. The minimum absolute atomic E-state index is 0.108. The second-order valence-electron chi connectivity index (χ2n) is 6.91. The summed E-state index contributed by atoms with van der Waals surface area (Å²) in [6.45, 7) is 0. The second-order valence-corrected chi connectivity index (χ2v) is 6.91. The van der Waals surface area contributed by atoms with Crippen LogP contribution in [0.1, 0.15) is 41.1 Å². The van der Waals surface area contributed by atoms with Crippen LogP contribution in [0.2, 0.25) is 0 Å². The number of nitrogens with one attached hydrogen (secondary N) is 1. The number of amides is 1. The zero-order valence-electron chi connectivity index (χ0n) is 13.9. The van der Waals surface area contributed by atoms with Gasteiger partial charge in [-0.05, 0) is 37.0 Å². The zero-order valence-corrected chi connectivity index (χ0v) is 13.9.